The molecule has 17 heavy (non-hydrogen) atoms. The SMILES string of the molecule is N#Cc1cc(C(=O)O)cc(-c2ccccc2)c1. The van der Waals surface area contributed by atoms with Gasteiger partial charge in [-0.25, -0.2) is 4.79 Å². The molecule has 0 aromatic heterocycles. The predicted octanol–water partition coefficient (Wildman–Crippen LogP) is 2.92. The molecule has 0 aliphatic carbocycles. The van der Waals surface area contributed by atoms with Crippen LogP contribution in [0.5, 0.6) is 0 Å². The molecule has 0 aliphatic heterocycles. The van der Waals surface area contributed by atoms with Gasteiger partial charge >= 0.3 is 5.97 Å². The molecule has 0 spiro atoms. The highest BCUT2D eigenvalue weighted by molar-refractivity contribution is 5.90. The van der Waals surface area contributed by atoms with E-state index in [1.165, 1.54) is 6.07 Å². The molecule has 0 saturated carbocycles. The average molecular weight is 223 g/mol. The summed E-state index contributed by atoms with van der Waals surface area (Å²) in [5.74, 6) is -1.03. The fourth-order valence-corrected chi connectivity index (χ4v) is 1.61. The van der Waals surface area contributed by atoms with Crippen molar-refractivity contribution in [2.24, 2.45) is 0 Å². The van der Waals surface area contributed by atoms with Crippen molar-refractivity contribution >= 4 is 5.97 Å². The average Bonchev–Trinajstić information content (AvgIpc) is 2.39. The maximum absolute atomic E-state index is 10.9. The van der Waals surface area contributed by atoms with Crippen LogP contribution >= 0.6 is 0 Å². The first-order valence-corrected chi connectivity index (χ1v) is 5.04. The monoisotopic (exact) mass is 223 g/mol. The number of hydrogen-bond donors (Lipinski definition) is 1. The summed E-state index contributed by atoms with van der Waals surface area (Å²) in [4.78, 5) is 10.9. The molecular formula is C14H9NO2. The Bertz CT molecular complexity index is 597. The molecule has 3 nitrogen and oxygen atoms in total. The van der Waals surface area contributed by atoms with E-state index in [1.54, 1.807) is 12.1 Å². The first-order chi connectivity index (χ1) is 8.20. The Hall–Kier alpha value is -2.60. The molecule has 0 amide bonds. The summed E-state index contributed by atoms with van der Waals surface area (Å²) in [6, 6.07) is 16.0. The minimum atomic E-state index is -1.03. The molecule has 2 aromatic carbocycles. The van der Waals surface area contributed by atoms with E-state index in [9.17, 15) is 4.79 Å². The molecule has 0 atom stereocenters. The lowest BCUT2D eigenvalue weighted by molar-refractivity contribution is 0.0697. The maximum Gasteiger partial charge on any atom is 0.335 e. The van der Waals surface area contributed by atoms with Crippen LogP contribution < -0.4 is 0 Å². The minimum absolute atomic E-state index is 0.128. The zero-order valence-electron chi connectivity index (χ0n) is 8.92. The van der Waals surface area contributed by atoms with Crippen molar-refractivity contribution in [3.05, 3.63) is 59.7 Å². The summed E-state index contributed by atoms with van der Waals surface area (Å²) in [5, 5.41) is 17.8. The maximum atomic E-state index is 10.9. The number of nitriles is 1. The van der Waals surface area contributed by atoms with Crippen LogP contribution in [0.1, 0.15) is 15.9 Å². The van der Waals surface area contributed by atoms with E-state index >= 15 is 0 Å². The van der Waals surface area contributed by atoms with Gasteiger partial charge in [-0.05, 0) is 29.3 Å². The molecule has 0 aliphatic rings. The van der Waals surface area contributed by atoms with Crippen molar-refractivity contribution in [2.45, 2.75) is 0 Å². The second kappa shape index (κ2) is 4.50. The van der Waals surface area contributed by atoms with Crippen molar-refractivity contribution in [1.29, 1.82) is 5.26 Å². The van der Waals surface area contributed by atoms with Gasteiger partial charge in [-0.3, -0.25) is 0 Å². The van der Waals surface area contributed by atoms with E-state index in [-0.39, 0.29) is 5.56 Å². The quantitative estimate of drug-likeness (QED) is 0.851. The van der Waals surface area contributed by atoms with Crippen molar-refractivity contribution in [3.63, 3.8) is 0 Å². The van der Waals surface area contributed by atoms with E-state index in [4.69, 9.17) is 10.4 Å². The van der Waals surface area contributed by atoms with Crippen LogP contribution in [0.2, 0.25) is 0 Å². The molecule has 0 saturated heterocycles. The van der Waals surface area contributed by atoms with Gasteiger partial charge in [0.2, 0.25) is 0 Å². The van der Waals surface area contributed by atoms with Crippen LogP contribution in [-0.2, 0) is 0 Å². The number of carboxylic acid groups (broad SMARTS) is 1. The number of rotatable bonds is 2. The standard InChI is InChI=1S/C14H9NO2/c15-9-10-6-12(8-13(7-10)14(16)17)11-4-2-1-3-5-11/h1-8H,(H,16,17). The fraction of sp³-hybridized carbons (Fsp3) is 0. The third-order valence-corrected chi connectivity index (χ3v) is 2.42. The van der Waals surface area contributed by atoms with Gasteiger partial charge in [0.15, 0.2) is 0 Å². The van der Waals surface area contributed by atoms with Crippen LogP contribution in [0.3, 0.4) is 0 Å². The molecule has 3 heteroatoms. The van der Waals surface area contributed by atoms with Gasteiger partial charge in [0, 0.05) is 0 Å². The van der Waals surface area contributed by atoms with Crippen molar-refractivity contribution in [1.82, 2.24) is 0 Å². The van der Waals surface area contributed by atoms with E-state index in [0.717, 1.165) is 11.1 Å². The van der Waals surface area contributed by atoms with Gasteiger partial charge in [-0.1, -0.05) is 30.3 Å². The lowest BCUT2D eigenvalue weighted by Gasteiger charge is -2.04. The Kier molecular flexibility index (Phi) is 2.89. The molecule has 0 bridgehead atoms. The van der Waals surface area contributed by atoms with Crippen LogP contribution in [0.4, 0.5) is 0 Å². The lowest BCUT2D eigenvalue weighted by Crippen LogP contribution is -1.97. The lowest BCUT2D eigenvalue weighted by atomic mass is 10.0. The predicted molar refractivity (Wildman–Crippen MR) is 63.6 cm³/mol. The number of nitrogens with zero attached hydrogens (tertiary/aromatic N) is 1. The number of aromatic carboxylic acids is 1. The molecule has 0 unspecified atom stereocenters. The second-order valence-corrected chi connectivity index (χ2v) is 3.58. The first kappa shape index (κ1) is 10.9. The van der Waals surface area contributed by atoms with E-state index in [1.807, 2.05) is 36.4 Å². The van der Waals surface area contributed by atoms with Gasteiger partial charge in [0.05, 0.1) is 17.2 Å². The van der Waals surface area contributed by atoms with Crippen LogP contribution in [0, 0.1) is 11.3 Å². The minimum Gasteiger partial charge on any atom is -0.478 e. The van der Waals surface area contributed by atoms with Crippen molar-refractivity contribution in [3.8, 4) is 17.2 Å². The highest BCUT2D eigenvalue weighted by atomic mass is 16.4. The summed E-state index contributed by atoms with van der Waals surface area (Å²) >= 11 is 0. The zero-order valence-corrected chi connectivity index (χ0v) is 8.92. The first-order valence-electron chi connectivity index (χ1n) is 5.04. The summed E-state index contributed by atoms with van der Waals surface area (Å²) in [6.45, 7) is 0. The third kappa shape index (κ3) is 2.32. The van der Waals surface area contributed by atoms with Crippen LogP contribution in [0.25, 0.3) is 11.1 Å². The van der Waals surface area contributed by atoms with Gasteiger partial charge in [-0.15, -0.1) is 0 Å². The molecule has 0 heterocycles. The number of hydrogen-bond acceptors (Lipinski definition) is 2. The second-order valence-electron chi connectivity index (χ2n) is 3.58. The Balaban J connectivity index is 2.59. The Morgan fingerprint density at radius 2 is 1.76 bits per heavy atom. The highest BCUT2D eigenvalue weighted by Crippen LogP contribution is 2.22. The molecule has 1 N–H and O–H groups in total. The van der Waals surface area contributed by atoms with Crippen LogP contribution in [0.15, 0.2) is 48.5 Å². The summed E-state index contributed by atoms with van der Waals surface area (Å²) < 4.78 is 0. The molecule has 2 aromatic rings. The normalized spacial score (nSPS) is 9.59. The number of carboxylic acids is 1. The van der Waals surface area contributed by atoms with E-state index < -0.39 is 5.97 Å². The third-order valence-electron chi connectivity index (χ3n) is 2.42. The van der Waals surface area contributed by atoms with Gasteiger partial charge in [-0.2, -0.15) is 5.26 Å². The van der Waals surface area contributed by atoms with Gasteiger partial charge in [0.25, 0.3) is 0 Å². The largest absolute Gasteiger partial charge is 0.478 e. The Morgan fingerprint density at radius 3 is 2.35 bits per heavy atom. The number of benzene rings is 2. The highest BCUT2D eigenvalue weighted by Gasteiger charge is 2.07. The number of carbonyl (C=O) groups is 1. The molecule has 0 radical (unpaired) electrons. The summed E-state index contributed by atoms with van der Waals surface area (Å²) in [7, 11) is 0. The Morgan fingerprint density at radius 1 is 1.06 bits per heavy atom. The zero-order chi connectivity index (χ0) is 12.3. The molecular weight excluding hydrogens is 214 g/mol. The topological polar surface area (TPSA) is 61.1 Å². The summed E-state index contributed by atoms with van der Waals surface area (Å²) in [5.41, 5.74) is 2.11. The Labute approximate surface area is 98.6 Å². The fourth-order valence-electron chi connectivity index (χ4n) is 1.61. The molecule has 0 fully saturated rings. The van der Waals surface area contributed by atoms with Gasteiger partial charge in [0.1, 0.15) is 0 Å². The van der Waals surface area contributed by atoms with E-state index in [2.05, 4.69) is 0 Å². The van der Waals surface area contributed by atoms with E-state index in [0.29, 0.717) is 5.56 Å². The summed E-state index contributed by atoms with van der Waals surface area (Å²) in [6.07, 6.45) is 0. The van der Waals surface area contributed by atoms with Crippen LogP contribution in [-0.4, -0.2) is 11.1 Å². The smallest absolute Gasteiger partial charge is 0.335 e. The van der Waals surface area contributed by atoms with Crippen molar-refractivity contribution < 1.29 is 9.90 Å². The van der Waals surface area contributed by atoms with Crippen molar-refractivity contribution in [2.75, 3.05) is 0 Å². The molecule has 2 rings (SSSR count). The molecule has 82 valence electrons. The van der Waals surface area contributed by atoms with Gasteiger partial charge < -0.3 is 5.11 Å².